The zero-order valence-electron chi connectivity index (χ0n) is 13.4. The number of nitrogens with zero attached hydrogens (tertiary/aromatic N) is 2. The molecule has 0 aliphatic rings. The largest absolute Gasteiger partial charge is 0.506 e. The lowest BCUT2D eigenvalue weighted by molar-refractivity contribution is -0.385. The predicted octanol–water partition coefficient (Wildman–Crippen LogP) is 3.72. The van der Waals surface area contributed by atoms with Crippen molar-refractivity contribution >= 4 is 17.6 Å². The second kappa shape index (κ2) is 7.45. The lowest BCUT2D eigenvalue weighted by atomic mass is 10.1. The average molecular weight is 330 g/mol. The number of nitro groups is 1. The molecule has 24 heavy (non-hydrogen) atoms. The molecule has 0 unspecified atom stereocenters. The molecule has 2 N–H and O–H groups in total. The van der Waals surface area contributed by atoms with Crippen molar-refractivity contribution in [2.45, 2.75) is 19.8 Å². The lowest BCUT2D eigenvalue weighted by Gasteiger charge is -2.06. The lowest BCUT2D eigenvalue weighted by Crippen LogP contribution is -1.94. The molecule has 0 amide bonds. The van der Waals surface area contributed by atoms with Gasteiger partial charge >= 0.3 is 0 Å². The van der Waals surface area contributed by atoms with Crippen molar-refractivity contribution in [2.75, 3.05) is 7.11 Å². The average Bonchev–Trinajstić information content (AvgIpc) is 2.56. The predicted molar refractivity (Wildman–Crippen MR) is 90.7 cm³/mol. The number of phenolic OH excluding ortho intramolecular Hbond substituents is 2. The number of ether oxygens (including phenoxy) is 1. The molecule has 0 saturated carbocycles. The number of nitro benzene ring substituents is 1. The van der Waals surface area contributed by atoms with E-state index in [4.69, 9.17) is 4.74 Å². The van der Waals surface area contributed by atoms with E-state index in [2.05, 4.69) is 4.99 Å². The maximum Gasteiger partial charge on any atom is 0.274 e. The Morgan fingerprint density at radius 2 is 2.04 bits per heavy atom. The number of aliphatic imine (C=N–C) groups is 1. The maximum absolute atomic E-state index is 11.0. The molecular formula is C17H18N2O5. The summed E-state index contributed by atoms with van der Waals surface area (Å²) in [4.78, 5) is 14.5. The van der Waals surface area contributed by atoms with Crippen LogP contribution in [0.1, 0.15) is 24.5 Å². The van der Waals surface area contributed by atoms with Gasteiger partial charge in [-0.1, -0.05) is 19.4 Å². The molecule has 2 rings (SSSR count). The van der Waals surface area contributed by atoms with Crippen molar-refractivity contribution in [2.24, 2.45) is 4.99 Å². The van der Waals surface area contributed by atoms with E-state index in [1.165, 1.54) is 19.4 Å². The van der Waals surface area contributed by atoms with Gasteiger partial charge in [-0.2, -0.15) is 0 Å². The second-order valence-electron chi connectivity index (χ2n) is 5.17. The third kappa shape index (κ3) is 3.81. The number of aromatic hydroxyl groups is 2. The molecule has 7 nitrogen and oxygen atoms in total. The summed E-state index contributed by atoms with van der Waals surface area (Å²) < 4.78 is 4.94. The Morgan fingerprint density at radius 1 is 1.29 bits per heavy atom. The third-order valence-electron chi connectivity index (χ3n) is 3.44. The van der Waals surface area contributed by atoms with E-state index in [9.17, 15) is 20.3 Å². The number of non-ortho nitro benzene ring substituents is 1. The molecule has 0 aromatic heterocycles. The zero-order chi connectivity index (χ0) is 17.7. The summed E-state index contributed by atoms with van der Waals surface area (Å²) in [5.41, 5.74) is 1.24. The van der Waals surface area contributed by atoms with Gasteiger partial charge in [0.25, 0.3) is 5.69 Å². The van der Waals surface area contributed by atoms with E-state index in [1.54, 1.807) is 12.1 Å². The molecule has 0 aliphatic carbocycles. The Balaban J connectivity index is 2.43. The summed E-state index contributed by atoms with van der Waals surface area (Å²) in [6.07, 6.45) is 3.06. The fourth-order valence-electron chi connectivity index (χ4n) is 2.23. The zero-order valence-corrected chi connectivity index (χ0v) is 13.4. The van der Waals surface area contributed by atoms with Crippen molar-refractivity contribution in [3.8, 4) is 17.2 Å². The number of rotatable bonds is 6. The molecule has 0 atom stereocenters. The van der Waals surface area contributed by atoms with Gasteiger partial charge in [0.2, 0.25) is 0 Å². The fourth-order valence-corrected chi connectivity index (χ4v) is 2.23. The molecule has 0 fully saturated rings. The van der Waals surface area contributed by atoms with Gasteiger partial charge in [-0.25, -0.2) is 0 Å². The minimum atomic E-state index is -0.585. The van der Waals surface area contributed by atoms with E-state index < -0.39 is 4.92 Å². The molecule has 0 heterocycles. The number of aryl methyl sites for hydroxylation is 1. The third-order valence-corrected chi connectivity index (χ3v) is 3.44. The topological polar surface area (TPSA) is 105 Å². The summed E-state index contributed by atoms with van der Waals surface area (Å²) in [6, 6.07) is 7.42. The summed E-state index contributed by atoms with van der Waals surface area (Å²) in [7, 11) is 1.31. The summed E-state index contributed by atoms with van der Waals surface area (Å²) in [5.74, 6) is -0.284. The van der Waals surface area contributed by atoms with Crippen LogP contribution in [-0.2, 0) is 6.42 Å². The molecule has 126 valence electrons. The standard InChI is InChI=1S/C17H18N2O5/c1-3-4-11-5-6-15(20)14(7-11)18-10-12-8-13(19(22)23)9-16(24-2)17(12)21/h5-10,20-21H,3-4H2,1-2H3. The van der Waals surface area contributed by atoms with E-state index in [0.29, 0.717) is 5.69 Å². The summed E-state index contributed by atoms with van der Waals surface area (Å²) in [6.45, 7) is 2.04. The van der Waals surface area contributed by atoms with Gasteiger partial charge < -0.3 is 14.9 Å². The quantitative estimate of drug-likeness (QED) is 0.477. The minimum Gasteiger partial charge on any atom is -0.506 e. The Morgan fingerprint density at radius 3 is 2.67 bits per heavy atom. The first kappa shape index (κ1) is 17.3. The highest BCUT2D eigenvalue weighted by molar-refractivity contribution is 5.88. The van der Waals surface area contributed by atoms with Crippen molar-refractivity contribution < 1.29 is 19.9 Å². The van der Waals surface area contributed by atoms with Crippen molar-refractivity contribution in [3.05, 3.63) is 51.6 Å². The van der Waals surface area contributed by atoms with E-state index in [-0.39, 0.29) is 28.5 Å². The van der Waals surface area contributed by atoms with Gasteiger partial charge in [-0.15, -0.1) is 0 Å². The molecular weight excluding hydrogens is 312 g/mol. The van der Waals surface area contributed by atoms with Crippen LogP contribution in [0.15, 0.2) is 35.3 Å². The molecule has 0 radical (unpaired) electrons. The van der Waals surface area contributed by atoms with Crippen LogP contribution >= 0.6 is 0 Å². The molecule has 0 spiro atoms. The first-order chi connectivity index (χ1) is 11.5. The normalized spacial score (nSPS) is 10.9. The Kier molecular flexibility index (Phi) is 5.36. The van der Waals surface area contributed by atoms with Crippen LogP contribution in [0.2, 0.25) is 0 Å². The summed E-state index contributed by atoms with van der Waals surface area (Å²) >= 11 is 0. The Hall–Kier alpha value is -3.09. The van der Waals surface area contributed by atoms with Crippen LogP contribution in [0.5, 0.6) is 17.2 Å². The number of hydrogen-bond donors (Lipinski definition) is 2. The van der Waals surface area contributed by atoms with Crippen molar-refractivity contribution in [1.82, 2.24) is 0 Å². The first-order valence-corrected chi connectivity index (χ1v) is 7.37. The van der Waals surface area contributed by atoms with E-state index in [1.807, 2.05) is 13.0 Å². The number of hydrogen-bond acceptors (Lipinski definition) is 6. The van der Waals surface area contributed by atoms with Crippen molar-refractivity contribution in [1.29, 1.82) is 0 Å². The van der Waals surface area contributed by atoms with Gasteiger partial charge in [0.15, 0.2) is 11.5 Å². The minimum absolute atomic E-state index is 0.0111. The van der Waals surface area contributed by atoms with Gasteiger partial charge in [0.05, 0.1) is 18.1 Å². The van der Waals surface area contributed by atoms with Crippen molar-refractivity contribution in [3.63, 3.8) is 0 Å². The van der Waals surface area contributed by atoms with Crippen LogP contribution in [-0.4, -0.2) is 28.5 Å². The SMILES string of the molecule is CCCc1ccc(O)c(N=Cc2cc([N+](=O)[O-])cc(OC)c2O)c1. The Bertz CT molecular complexity index is 787. The van der Waals surface area contributed by atoms with Crippen LogP contribution in [0.4, 0.5) is 11.4 Å². The molecule has 0 aliphatic heterocycles. The Labute approximate surface area is 139 Å². The second-order valence-corrected chi connectivity index (χ2v) is 5.17. The molecule has 7 heteroatoms. The molecule has 0 saturated heterocycles. The highest BCUT2D eigenvalue weighted by Gasteiger charge is 2.15. The van der Waals surface area contributed by atoms with Gasteiger partial charge in [-0.3, -0.25) is 15.1 Å². The number of benzene rings is 2. The molecule has 2 aromatic carbocycles. The van der Waals surface area contributed by atoms with E-state index in [0.717, 1.165) is 24.5 Å². The van der Waals surface area contributed by atoms with Gasteiger partial charge in [0, 0.05) is 17.8 Å². The summed E-state index contributed by atoms with van der Waals surface area (Å²) in [5, 5.41) is 30.9. The van der Waals surface area contributed by atoms with Crippen LogP contribution in [0.25, 0.3) is 0 Å². The highest BCUT2D eigenvalue weighted by atomic mass is 16.6. The molecule has 2 aromatic rings. The fraction of sp³-hybridized carbons (Fsp3) is 0.235. The van der Waals surface area contributed by atoms with Gasteiger partial charge in [-0.05, 0) is 24.1 Å². The maximum atomic E-state index is 11.0. The number of methoxy groups -OCH3 is 1. The monoisotopic (exact) mass is 330 g/mol. The smallest absolute Gasteiger partial charge is 0.274 e. The van der Waals surface area contributed by atoms with Gasteiger partial charge in [0.1, 0.15) is 11.4 Å². The van der Waals surface area contributed by atoms with Crippen LogP contribution in [0, 0.1) is 10.1 Å². The first-order valence-electron chi connectivity index (χ1n) is 7.37. The molecule has 0 bridgehead atoms. The van der Waals surface area contributed by atoms with E-state index >= 15 is 0 Å². The van der Waals surface area contributed by atoms with Crippen LogP contribution in [0.3, 0.4) is 0 Å². The number of phenols is 2. The van der Waals surface area contributed by atoms with Crippen LogP contribution < -0.4 is 4.74 Å². The highest BCUT2D eigenvalue weighted by Crippen LogP contribution is 2.34.